The summed E-state index contributed by atoms with van der Waals surface area (Å²) in [6.07, 6.45) is 5.16. The van der Waals surface area contributed by atoms with Crippen LogP contribution in [-0.2, 0) is 14.3 Å². The van der Waals surface area contributed by atoms with Crippen LogP contribution in [-0.4, -0.2) is 33.7 Å². The number of nitrogens with zero attached hydrogens (tertiary/aromatic N) is 1. The lowest BCUT2D eigenvalue weighted by Gasteiger charge is -2.58. The quantitative estimate of drug-likeness (QED) is 0.786. The summed E-state index contributed by atoms with van der Waals surface area (Å²) in [6.45, 7) is 1.55. The second-order valence-corrected chi connectivity index (χ2v) is 8.80. The van der Waals surface area contributed by atoms with Crippen molar-refractivity contribution in [3.8, 4) is 0 Å². The van der Waals surface area contributed by atoms with Crippen molar-refractivity contribution in [1.29, 1.82) is 0 Å². The number of pyridine rings is 1. The van der Waals surface area contributed by atoms with Crippen molar-refractivity contribution in [2.45, 2.75) is 57.2 Å². The lowest BCUT2D eigenvalue weighted by Crippen LogP contribution is -2.59. The predicted molar refractivity (Wildman–Crippen MR) is 95.5 cm³/mol. The largest absolute Gasteiger partial charge is 0.452 e. The molecule has 4 saturated carbocycles. The van der Waals surface area contributed by atoms with E-state index < -0.39 is 23.0 Å². The van der Waals surface area contributed by atoms with Crippen molar-refractivity contribution < 1.29 is 19.4 Å². The molecule has 7 heteroatoms. The van der Waals surface area contributed by atoms with E-state index in [-0.39, 0.29) is 5.97 Å². The average molecular weight is 379 g/mol. The number of esters is 1. The number of aliphatic hydroxyl groups is 1. The second-order valence-electron chi connectivity index (χ2n) is 8.36. The Morgan fingerprint density at radius 2 is 2.00 bits per heavy atom. The van der Waals surface area contributed by atoms with Crippen molar-refractivity contribution in [3.05, 3.63) is 23.4 Å². The van der Waals surface area contributed by atoms with Gasteiger partial charge in [0.2, 0.25) is 0 Å². The molecule has 4 aliphatic carbocycles. The Morgan fingerprint density at radius 1 is 1.31 bits per heavy atom. The summed E-state index contributed by atoms with van der Waals surface area (Å²) in [6, 6.07) is 3.21. The minimum Gasteiger partial charge on any atom is -0.452 e. The number of nitrogens with one attached hydrogen (secondary N) is 1. The first kappa shape index (κ1) is 17.7. The fourth-order valence-electron chi connectivity index (χ4n) is 5.47. The molecule has 0 aliphatic heterocycles. The molecule has 0 saturated heterocycles. The van der Waals surface area contributed by atoms with Crippen molar-refractivity contribution in [1.82, 2.24) is 4.98 Å². The Morgan fingerprint density at radius 3 is 2.58 bits per heavy atom. The number of carbonyl (C=O) groups excluding carboxylic acids is 2. The zero-order chi connectivity index (χ0) is 18.5. The van der Waals surface area contributed by atoms with Crippen LogP contribution in [0.4, 0.5) is 5.82 Å². The van der Waals surface area contributed by atoms with Crippen LogP contribution in [0.3, 0.4) is 0 Å². The number of hydrogen-bond acceptors (Lipinski definition) is 5. The first-order valence-corrected chi connectivity index (χ1v) is 9.51. The molecule has 0 radical (unpaired) electrons. The second kappa shape index (κ2) is 6.20. The topological polar surface area (TPSA) is 88.5 Å². The summed E-state index contributed by atoms with van der Waals surface area (Å²) in [5.74, 6) is 0.340. The highest BCUT2D eigenvalue weighted by atomic mass is 35.5. The molecule has 1 aromatic heterocycles. The normalized spacial score (nSPS) is 35.8. The SMILES string of the molecule is C[C@@H](OC(=O)C12C[C@@H]3C[C@@H](CC(O)(C3)C1)C2)C(=O)Nc1ccc(Cl)cn1. The molecule has 140 valence electrons. The van der Waals surface area contributed by atoms with E-state index >= 15 is 0 Å². The van der Waals surface area contributed by atoms with Gasteiger partial charge < -0.3 is 15.2 Å². The number of aromatic nitrogens is 1. The number of carbonyl (C=O) groups is 2. The number of anilines is 1. The third-order valence-electron chi connectivity index (χ3n) is 6.09. The molecule has 4 bridgehead atoms. The fourth-order valence-corrected chi connectivity index (χ4v) is 5.58. The molecule has 2 N–H and O–H groups in total. The van der Waals surface area contributed by atoms with Gasteiger partial charge in [-0.25, -0.2) is 4.98 Å². The molecule has 26 heavy (non-hydrogen) atoms. The third-order valence-corrected chi connectivity index (χ3v) is 6.32. The van der Waals surface area contributed by atoms with Gasteiger partial charge in [-0.3, -0.25) is 9.59 Å². The predicted octanol–water partition coefficient (Wildman–Crippen LogP) is 2.94. The molecular weight excluding hydrogens is 356 g/mol. The maximum absolute atomic E-state index is 12.9. The van der Waals surface area contributed by atoms with E-state index in [1.165, 1.54) is 6.20 Å². The van der Waals surface area contributed by atoms with Gasteiger partial charge in [-0.15, -0.1) is 0 Å². The van der Waals surface area contributed by atoms with Crippen LogP contribution in [0.25, 0.3) is 0 Å². The summed E-state index contributed by atoms with van der Waals surface area (Å²) in [4.78, 5) is 29.2. The number of amides is 1. The van der Waals surface area contributed by atoms with Gasteiger partial charge in [0.25, 0.3) is 5.91 Å². The van der Waals surface area contributed by atoms with Gasteiger partial charge in [0.1, 0.15) is 5.82 Å². The standard InChI is InChI=1S/C19H23ClN2O4/c1-11(16(23)22-15-3-2-14(20)9-21-15)26-17(24)18-5-12-4-13(6-18)8-19(25,7-12)10-18/h2-3,9,11-13,25H,4-8,10H2,1H3,(H,21,22,23)/t11-,12-,13+,18?,19?/m1/s1. The fraction of sp³-hybridized carbons (Fsp3) is 0.632. The van der Waals surface area contributed by atoms with Crippen LogP contribution in [0.1, 0.15) is 45.4 Å². The van der Waals surface area contributed by atoms with E-state index in [0.717, 1.165) is 32.1 Å². The Hall–Kier alpha value is -1.66. The van der Waals surface area contributed by atoms with E-state index in [4.69, 9.17) is 16.3 Å². The highest BCUT2D eigenvalue weighted by Gasteiger charge is 2.61. The van der Waals surface area contributed by atoms with Gasteiger partial charge >= 0.3 is 5.97 Å². The number of rotatable bonds is 4. The molecule has 6 nitrogen and oxygen atoms in total. The smallest absolute Gasteiger partial charge is 0.312 e. The van der Waals surface area contributed by atoms with E-state index in [2.05, 4.69) is 10.3 Å². The monoisotopic (exact) mass is 378 g/mol. The van der Waals surface area contributed by atoms with Crippen molar-refractivity contribution in [3.63, 3.8) is 0 Å². The minimum absolute atomic E-state index is 0.350. The zero-order valence-electron chi connectivity index (χ0n) is 14.7. The Bertz CT molecular complexity index is 722. The summed E-state index contributed by atoms with van der Waals surface area (Å²) >= 11 is 5.78. The Labute approximate surface area is 157 Å². The zero-order valence-corrected chi connectivity index (χ0v) is 15.5. The van der Waals surface area contributed by atoms with Crippen LogP contribution in [0.5, 0.6) is 0 Å². The molecule has 0 spiro atoms. The third kappa shape index (κ3) is 3.21. The van der Waals surface area contributed by atoms with E-state index in [1.54, 1.807) is 19.1 Å². The van der Waals surface area contributed by atoms with Crippen molar-refractivity contribution >= 4 is 29.3 Å². The summed E-state index contributed by atoms with van der Waals surface area (Å²) in [5, 5.41) is 13.9. The Balaban J connectivity index is 1.41. The molecule has 1 heterocycles. The van der Waals surface area contributed by atoms with Gasteiger partial charge in [-0.1, -0.05) is 11.6 Å². The van der Waals surface area contributed by atoms with E-state index in [1.807, 2.05) is 0 Å². The van der Waals surface area contributed by atoms with Crippen LogP contribution in [0.15, 0.2) is 18.3 Å². The average Bonchev–Trinajstić information content (AvgIpc) is 2.54. The number of hydrogen-bond donors (Lipinski definition) is 2. The van der Waals surface area contributed by atoms with Gasteiger partial charge in [0.15, 0.2) is 6.10 Å². The maximum Gasteiger partial charge on any atom is 0.312 e. The molecule has 4 fully saturated rings. The van der Waals surface area contributed by atoms with Crippen LogP contribution < -0.4 is 5.32 Å². The molecule has 1 aromatic rings. The van der Waals surface area contributed by atoms with Gasteiger partial charge in [0.05, 0.1) is 16.0 Å². The summed E-state index contributed by atoms with van der Waals surface area (Å²) in [7, 11) is 0. The van der Waals surface area contributed by atoms with Gasteiger partial charge in [0, 0.05) is 6.20 Å². The van der Waals surface area contributed by atoms with Crippen molar-refractivity contribution in [2.75, 3.05) is 5.32 Å². The van der Waals surface area contributed by atoms with Gasteiger partial charge in [-0.2, -0.15) is 0 Å². The van der Waals surface area contributed by atoms with E-state index in [0.29, 0.717) is 29.1 Å². The molecular formula is C19H23ClN2O4. The van der Waals surface area contributed by atoms with E-state index in [9.17, 15) is 14.7 Å². The molecule has 1 amide bonds. The maximum atomic E-state index is 12.9. The summed E-state index contributed by atoms with van der Waals surface area (Å²) < 4.78 is 5.52. The van der Waals surface area contributed by atoms with Crippen LogP contribution >= 0.6 is 11.6 Å². The highest BCUT2D eigenvalue weighted by molar-refractivity contribution is 6.30. The molecule has 2 unspecified atom stereocenters. The van der Waals surface area contributed by atoms with Gasteiger partial charge in [-0.05, 0) is 69.4 Å². The molecule has 5 rings (SSSR count). The van der Waals surface area contributed by atoms with Crippen LogP contribution in [0, 0.1) is 17.3 Å². The number of halogens is 1. The molecule has 5 atom stereocenters. The van der Waals surface area contributed by atoms with Crippen molar-refractivity contribution in [2.24, 2.45) is 17.3 Å². The number of ether oxygens (including phenoxy) is 1. The highest BCUT2D eigenvalue weighted by Crippen LogP contribution is 2.62. The minimum atomic E-state index is -0.928. The Kier molecular flexibility index (Phi) is 4.23. The first-order chi connectivity index (χ1) is 12.3. The first-order valence-electron chi connectivity index (χ1n) is 9.13. The lowest BCUT2D eigenvalue weighted by atomic mass is 9.48. The lowest BCUT2D eigenvalue weighted by molar-refractivity contribution is -0.199. The van der Waals surface area contributed by atoms with Crippen LogP contribution in [0.2, 0.25) is 5.02 Å². The summed E-state index contributed by atoms with van der Waals surface area (Å²) in [5.41, 5.74) is -1.37. The molecule has 0 aromatic carbocycles. The molecule has 4 aliphatic rings.